The number of fused-ring (bicyclic) bond motifs is 2. The number of aromatic nitrogens is 4. The highest BCUT2D eigenvalue weighted by Gasteiger charge is 2.57. The second-order valence-electron chi connectivity index (χ2n) is 20.4. The number of halogens is 8. The molecule has 78 heavy (non-hydrogen) atoms. The van der Waals surface area contributed by atoms with Gasteiger partial charge < -0.3 is 40.5 Å². The number of amides is 4. The van der Waals surface area contributed by atoms with Gasteiger partial charge in [-0.1, -0.05) is 48.2 Å². The molecule has 0 spiro atoms. The zero-order chi connectivity index (χ0) is 56.9. The molecule has 2 bridgehead atoms. The summed E-state index contributed by atoms with van der Waals surface area (Å²) in [6.07, 6.45) is -9.49. The highest BCUT2D eigenvalue weighted by Crippen LogP contribution is 2.42. The largest absolute Gasteiger partial charge is 0.465 e. The lowest BCUT2D eigenvalue weighted by Gasteiger charge is -2.47. The van der Waals surface area contributed by atoms with E-state index < -0.39 is 91.1 Å². The van der Waals surface area contributed by atoms with Crippen LogP contribution in [0.4, 0.5) is 50.7 Å². The molecule has 6 atom stereocenters. The van der Waals surface area contributed by atoms with Crippen molar-refractivity contribution >= 4 is 29.9 Å². The molecule has 422 valence electrons. The number of ether oxygens (including phenoxy) is 2. The van der Waals surface area contributed by atoms with Crippen LogP contribution in [0.25, 0.3) is 11.3 Å². The van der Waals surface area contributed by atoms with E-state index in [1.165, 1.54) is 30.3 Å². The van der Waals surface area contributed by atoms with Crippen molar-refractivity contribution in [2.24, 2.45) is 10.8 Å². The van der Waals surface area contributed by atoms with Gasteiger partial charge in [0.2, 0.25) is 11.9 Å². The summed E-state index contributed by atoms with van der Waals surface area (Å²) in [5, 5.41) is 32.2. The van der Waals surface area contributed by atoms with Crippen molar-refractivity contribution in [3.8, 4) is 23.1 Å². The molecule has 2 aromatic heterocycles. The zero-order valence-electron chi connectivity index (χ0n) is 42.9. The number of rotatable bonds is 19. The monoisotopic (exact) mass is 1110 g/mol. The molecule has 7 rings (SSSR count). The first-order valence-corrected chi connectivity index (χ1v) is 24.6. The summed E-state index contributed by atoms with van der Waals surface area (Å²) >= 11 is 0. The Bertz CT molecular complexity index is 2790. The number of hydrogen-bond donors (Lipinski definition) is 6. The standard InChI is InChI=1S/C51H59F8N11O8/c1-48(2,50(54,55)56)40(64-47(76)77-5)42(72)62-38(20-30-9-6-29(7-10-30)8-11-32-21-60-45(61-22-32)67-24-34-16-17-35(25-67)70(34)36-27-78-28-36)39(71)26-68(66-43(73)41(63-46(74)75)49(3,4)51(57,58)59)23-31-12-14-33(15-13-31)37-18-19-69(65-37)44(52)53/h6-7,9-10,12-15,18-19,21-22,34-36,38-41,44,63,71H,16-17,20,23-28H2,1-5H3,(H,62,72)(H,64,76)(H,66,73)(H,74,75). The number of methoxy groups -OCH3 is 1. The van der Waals surface area contributed by atoms with Crippen molar-refractivity contribution in [1.29, 1.82) is 0 Å². The van der Waals surface area contributed by atoms with Crippen LogP contribution >= 0.6 is 0 Å². The fourth-order valence-electron chi connectivity index (χ4n) is 9.41. The SMILES string of the molecule is COC(=O)NC(C(=O)NC(Cc1ccc(C#Cc2cnc(N3CC4CCC(C3)N4C3COC3)nc2)cc1)C(O)CN(Cc1ccc(-c2ccn(C(F)F)n2)cc1)NC(=O)C(NC(=O)O)C(C)(C)C(F)(F)F)C(C)(C)C(F)(F)F. The maximum atomic E-state index is 14.5. The summed E-state index contributed by atoms with van der Waals surface area (Å²) in [6.45, 7) is 1.33. The van der Waals surface area contributed by atoms with Gasteiger partial charge in [-0.15, -0.1) is 0 Å². The number of hydrogen-bond acceptors (Lipinski definition) is 13. The number of nitrogens with zero attached hydrogens (tertiary/aromatic N) is 7. The van der Waals surface area contributed by atoms with Gasteiger partial charge in [-0.25, -0.2) is 29.2 Å². The minimum atomic E-state index is -5.16. The molecule has 3 aliphatic heterocycles. The van der Waals surface area contributed by atoms with Crippen LogP contribution in [0.5, 0.6) is 0 Å². The number of piperazine rings is 1. The summed E-state index contributed by atoms with van der Waals surface area (Å²) in [7, 11) is 0.858. The summed E-state index contributed by atoms with van der Waals surface area (Å²) in [5.74, 6) is 3.62. The van der Waals surface area contributed by atoms with Crippen molar-refractivity contribution in [3.05, 3.63) is 95.4 Å². The van der Waals surface area contributed by atoms with Crippen LogP contribution in [-0.4, -0.2) is 159 Å². The van der Waals surface area contributed by atoms with Crippen molar-refractivity contribution in [3.63, 3.8) is 0 Å². The quantitative estimate of drug-likeness (QED) is 0.0379. The molecule has 0 radical (unpaired) electrons. The molecule has 6 unspecified atom stereocenters. The second-order valence-corrected chi connectivity index (χ2v) is 20.4. The fraction of sp³-hybridized carbons (Fsp3) is 0.510. The van der Waals surface area contributed by atoms with E-state index in [1.807, 2.05) is 5.32 Å². The summed E-state index contributed by atoms with van der Waals surface area (Å²) < 4.78 is 124. The molecule has 0 aliphatic carbocycles. The first-order chi connectivity index (χ1) is 36.6. The van der Waals surface area contributed by atoms with E-state index in [-0.39, 0.29) is 17.7 Å². The van der Waals surface area contributed by atoms with E-state index in [9.17, 15) is 64.5 Å². The summed E-state index contributed by atoms with van der Waals surface area (Å²) in [5.41, 5.74) is -1.66. The van der Waals surface area contributed by atoms with Gasteiger partial charge in [0, 0.05) is 68.0 Å². The molecule has 3 fully saturated rings. The van der Waals surface area contributed by atoms with E-state index in [2.05, 4.69) is 52.2 Å². The van der Waals surface area contributed by atoms with Gasteiger partial charge in [0.05, 0.1) is 60.6 Å². The van der Waals surface area contributed by atoms with E-state index in [4.69, 9.17) is 4.74 Å². The van der Waals surface area contributed by atoms with Crippen molar-refractivity contribution in [2.45, 2.75) is 115 Å². The Hall–Kier alpha value is -7.15. The second kappa shape index (κ2) is 23.8. The van der Waals surface area contributed by atoms with Gasteiger partial charge in [0.25, 0.3) is 5.91 Å². The van der Waals surface area contributed by atoms with E-state index in [0.29, 0.717) is 78.7 Å². The van der Waals surface area contributed by atoms with Crippen LogP contribution in [0.1, 0.15) is 69.3 Å². The minimum Gasteiger partial charge on any atom is -0.465 e. The Morgan fingerprint density at radius 2 is 1.35 bits per heavy atom. The third kappa shape index (κ3) is 13.7. The Morgan fingerprint density at radius 1 is 0.782 bits per heavy atom. The molecular weight excluding hydrogens is 1050 g/mol. The average molecular weight is 1110 g/mol. The van der Waals surface area contributed by atoms with Gasteiger partial charge >= 0.3 is 31.1 Å². The van der Waals surface area contributed by atoms with Crippen molar-refractivity contribution in [2.75, 3.05) is 44.9 Å². The Balaban J connectivity index is 1.15. The molecule has 5 heterocycles. The predicted molar refractivity (Wildman–Crippen MR) is 263 cm³/mol. The predicted octanol–water partition coefficient (Wildman–Crippen LogP) is 5.65. The van der Waals surface area contributed by atoms with E-state index >= 15 is 0 Å². The molecule has 2 aromatic carbocycles. The molecule has 27 heteroatoms. The maximum absolute atomic E-state index is 14.5. The molecule has 19 nitrogen and oxygen atoms in total. The molecule has 4 amide bonds. The molecule has 3 saturated heterocycles. The number of carbonyl (C=O) groups is 4. The van der Waals surface area contributed by atoms with Gasteiger partial charge in [-0.05, 0) is 76.3 Å². The number of aliphatic hydroxyl groups is 1. The molecule has 4 aromatic rings. The van der Waals surface area contributed by atoms with E-state index in [0.717, 1.165) is 57.5 Å². The summed E-state index contributed by atoms with van der Waals surface area (Å²) in [4.78, 5) is 66.0. The molecule has 3 aliphatic rings. The third-order valence-corrected chi connectivity index (χ3v) is 14.3. The fourth-order valence-corrected chi connectivity index (χ4v) is 9.41. The first kappa shape index (κ1) is 58.5. The lowest BCUT2D eigenvalue weighted by molar-refractivity contribution is -0.221. The van der Waals surface area contributed by atoms with Gasteiger partial charge in [0.1, 0.15) is 12.1 Å². The number of alkyl halides is 8. The molecule has 6 N–H and O–H groups in total. The Morgan fingerprint density at radius 3 is 1.86 bits per heavy atom. The average Bonchev–Trinajstić information content (AvgIpc) is 4.03. The van der Waals surface area contributed by atoms with Crippen LogP contribution in [0.3, 0.4) is 0 Å². The van der Waals surface area contributed by atoms with Crippen molar-refractivity contribution in [1.82, 2.24) is 51.0 Å². The van der Waals surface area contributed by atoms with E-state index in [1.54, 1.807) is 42.0 Å². The topological polar surface area (TPSA) is 229 Å². The number of nitrogens with one attached hydrogen (secondary N) is 4. The normalized spacial score (nSPS) is 18.7. The number of benzene rings is 2. The van der Waals surface area contributed by atoms with Gasteiger partial charge in [-0.2, -0.15) is 40.2 Å². The lowest BCUT2D eigenvalue weighted by atomic mass is 9.82. The van der Waals surface area contributed by atoms with Crippen LogP contribution < -0.4 is 26.3 Å². The van der Waals surface area contributed by atoms with Gasteiger partial charge in [-0.3, -0.25) is 19.9 Å². The van der Waals surface area contributed by atoms with Crippen LogP contribution in [-0.2, 0) is 32.0 Å². The Kier molecular flexibility index (Phi) is 17.9. The van der Waals surface area contributed by atoms with Crippen LogP contribution in [0, 0.1) is 22.7 Å². The highest BCUT2D eigenvalue weighted by molar-refractivity contribution is 5.87. The summed E-state index contributed by atoms with van der Waals surface area (Å²) in [6, 6.07) is 8.10. The van der Waals surface area contributed by atoms with Crippen LogP contribution in [0.2, 0.25) is 0 Å². The van der Waals surface area contributed by atoms with Crippen LogP contribution in [0.15, 0.2) is 73.2 Å². The number of carbonyl (C=O) groups excluding carboxylic acids is 3. The number of carboxylic acid groups (broad SMARTS) is 1. The van der Waals surface area contributed by atoms with Gasteiger partial charge in [0.15, 0.2) is 0 Å². The number of aliphatic hydroxyl groups excluding tert-OH is 1. The smallest absolute Gasteiger partial charge is 0.407 e. The van der Waals surface area contributed by atoms with Crippen molar-refractivity contribution < 1.29 is 74.0 Å². The lowest BCUT2D eigenvalue weighted by Crippen LogP contribution is -2.63. The Labute approximate surface area is 443 Å². The first-order valence-electron chi connectivity index (χ1n) is 24.6. The number of hydrazine groups is 1. The highest BCUT2D eigenvalue weighted by atomic mass is 19.4. The number of alkyl carbamates (subject to hydrolysis) is 1. The minimum absolute atomic E-state index is 0.137. The number of anilines is 1. The zero-order valence-corrected chi connectivity index (χ0v) is 42.9. The third-order valence-electron chi connectivity index (χ3n) is 14.3. The molecular formula is C51H59F8N11O8. The maximum Gasteiger partial charge on any atom is 0.407 e. The molecule has 0 saturated carbocycles.